The van der Waals surface area contributed by atoms with Gasteiger partial charge in [0.2, 0.25) is 0 Å². The number of rotatable bonds is 9. The van der Waals surface area contributed by atoms with Crippen LogP contribution >= 0.6 is 0 Å². The molecule has 0 aromatic heterocycles. The Morgan fingerprint density at radius 2 is 1.33 bits per heavy atom. The van der Waals surface area contributed by atoms with E-state index in [1.54, 1.807) is 84.9 Å². The molecule has 9 heteroatoms. The Morgan fingerprint density at radius 3 is 1.85 bits per heavy atom. The predicted octanol–water partition coefficient (Wildman–Crippen LogP) is 4.64. The Bertz CT molecular complexity index is 1190. The van der Waals surface area contributed by atoms with Crippen molar-refractivity contribution in [2.75, 3.05) is 7.11 Å². The molecule has 0 aliphatic heterocycles. The zero-order valence-corrected chi connectivity index (χ0v) is 24.0. The summed E-state index contributed by atoms with van der Waals surface area (Å²) in [5.74, 6) is -2.23. The number of hydrogen-bond acceptors (Lipinski definition) is 9. The number of carbonyl (C=O) groups excluding carboxylic acids is 4. The average molecular weight is 542 g/mol. The van der Waals surface area contributed by atoms with Crippen LogP contribution in [0.5, 0.6) is 11.5 Å². The lowest BCUT2D eigenvalue weighted by molar-refractivity contribution is -0.148. The second-order valence-electron chi connectivity index (χ2n) is 11.7. The fraction of sp³-hybridized carbons (Fsp3) is 0.467. The molecule has 0 saturated heterocycles. The van der Waals surface area contributed by atoms with Gasteiger partial charge in [-0.05, 0) is 78.3 Å². The van der Waals surface area contributed by atoms with Crippen molar-refractivity contribution in [3.63, 3.8) is 0 Å². The van der Waals surface area contributed by atoms with Crippen molar-refractivity contribution in [3.8, 4) is 11.5 Å². The highest BCUT2D eigenvalue weighted by molar-refractivity contribution is 5.89. The van der Waals surface area contributed by atoms with Crippen LogP contribution in [0.2, 0.25) is 0 Å². The third-order valence-corrected chi connectivity index (χ3v) is 5.72. The maximum atomic E-state index is 12.8. The Morgan fingerprint density at radius 1 is 0.795 bits per heavy atom. The summed E-state index contributed by atoms with van der Waals surface area (Å²) >= 11 is 0. The SMILES string of the molecule is COC(=O)C(N)(Cc1ccc(OC(=O)C(C)(C)C)c(OC(=O)C(C)(C)C)c1)C[C@H](C)OC(=O)c1ccccc1. The van der Waals surface area contributed by atoms with Crippen LogP contribution in [0.1, 0.15) is 70.8 Å². The molecular formula is C30H39NO8. The van der Waals surface area contributed by atoms with Crippen LogP contribution in [0, 0.1) is 10.8 Å². The Kier molecular flexibility index (Phi) is 10.0. The highest BCUT2D eigenvalue weighted by Gasteiger charge is 2.39. The van der Waals surface area contributed by atoms with Crippen molar-refractivity contribution < 1.29 is 38.1 Å². The highest BCUT2D eigenvalue weighted by atomic mass is 16.6. The van der Waals surface area contributed by atoms with Crippen molar-refractivity contribution in [1.82, 2.24) is 0 Å². The van der Waals surface area contributed by atoms with Crippen LogP contribution in [0.25, 0.3) is 0 Å². The number of benzene rings is 2. The van der Waals surface area contributed by atoms with Crippen molar-refractivity contribution in [2.24, 2.45) is 16.6 Å². The fourth-order valence-electron chi connectivity index (χ4n) is 3.51. The molecule has 0 amide bonds. The maximum absolute atomic E-state index is 12.8. The van der Waals surface area contributed by atoms with Gasteiger partial charge in [-0.2, -0.15) is 0 Å². The van der Waals surface area contributed by atoms with Gasteiger partial charge in [-0.25, -0.2) is 4.79 Å². The first-order valence-electron chi connectivity index (χ1n) is 12.7. The first-order valence-corrected chi connectivity index (χ1v) is 12.7. The number of ether oxygens (including phenoxy) is 4. The van der Waals surface area contributed by atoms with E-state index in [1.807, 2.05) is 0 Å². The first kappa shape index (κ1) is 31.5. The lowest BCUT2D eigenvalue weighted by atomic mass is 9.86. The van der Waals surface area contributed by atoms with Gasteiger partial charge in [0.25, 0.3) is 0 Å². The first-order chi connectivity index (χ1) is 18.0. The lowest BCUT2D eigenvalue weighted by Gasteiger charge is -2.29. The van der Waals surface area contributed by atoms with E-state index >= 15 is 0 Å². The summed E-state index contributed by atoms with van der Waals surface area (Å²) in [5.41, 5.74) is 4.21. The molecular weight excluding hydrogens is 502 g/mol. The molecule has 2 atom stereocenters. The smallest absolute Gasteiger partial charge is 0.338 e. The van der Waals surface area contributed by atoms with E-state index in [1.165, 1.54) is 19.2 Å². The Hall–Kier alpha value is -3.72. The average Bonchev–Trinajstić information content (AvgIpc) is 2.84. The molecule has 39 heavy (non-hydrogen) atoms. The summed E-state index contributed by atoms with van der Waals surface area (Å²) in [6.45, 7) is 11.8. The minimum atomic E-state index is -1.58. The van der Waals surface area contributed by atoms with Crippen molar-refractivity contribution in [2.45, 2.75) is 73.0 Å². The van der Waals surface area contributed by atoms with E-state index in [2.05, 4.69) is 0 Å². The van der Waals surface area contributed by atoms with Crippen LogP contribution in [-0.4, -0.2) is 42.6 Å². The molecule has 0 heterocycles. The molecule has 0 bridgehead atoms. The zero-order chi connectivity index (χ0) is 29.6. The molecule has 2 aromatic rings. The van der Waals surface area contributed by atoms with E-state index in [4.69, 9.17) is 24.7 Å². The van der Waals surface area contributed by atoms with Crippen molar-refractivity contribution in [1.29, 1.82) is 0 Å². The molecule has 2 rings (SSSR count). The second-order valence-corrected chi connectivity index (χ2v) is 11.7. The topological polar surface area (TPSA) is 131 Å². The van der Waals surface area contributed by atoms with Gasteiger partial charge in [0.05, 0.1) is 23.5 Å². The fourth-order valence-corrected chi connectivity index (χ4v) is 3.51. The number of methoxy groups -OCH3 is 1. The molecule has 0 radical (unpaired) electrons. The van der Waals surface area contributed by atoms with Crippen LogP contribution in [0.3, 0.4) is 0 Å². The molecule has 2 aromatic carbocycles. The summed E-state index contributed by atoms with van der Waals surface area (Å²) in [7, 11) is 1.22. The van der Waals surface area contributed by atoms with Gasteiger partial charge in [0, 0.05) is 12.8 Å². The quantitative estimate of drug-likeness (QED) is 0.356. The summed E-state index contributed by atoms with van der Waals surface area (Å²) < 4.78 is 21.6. The van der Waals surface area contributed by atoms with Gasteiger partial charge in [-0.3, -0.25) is 14.4 Å². The van der Waals surface area contributed by atoms with Gasteiger partial charge < -0.3 is 24.7 Å². The standard InChI is InChI=1S/C30H39NO8/c1-19(37-24(32)21-12-10-9-11-13-21)17-30(31,27(35)36-8)18-20-14-15-22(38-25(33)28(2,3)4)23(16-20)39-26(34)29(5,6)7/h9-16,19H,17-18,31H2,1-8H3/t19-,30?/m0/s1. The summed E-state index contributed by atoms with van der Waals surface area (Å²) in [6.07, 6.45) is -0.816. The second kappa shape index (κ2) is 12.4. The highest BCUT2D eigenvalue weighted by Crippen LogP contribution is 2.34. The molecule has 0 spiro atoms. The molecule has 0 fully saturated rings. The molecule has 9 nitrogen and oxygen atoms in total. The van der Waals surface area contributed by atoms with Crippen LogP contribution < -0.4 is 15.2 Å². The molecule has 0 aliphatic rings. The van der Waals surface area contributed by atoms with E-state index in [9.17, 15) is 19.2 Å². The third kappa shape index (κ3) is 8.92. The van der Waals surface area contributed by atoms with E-state index in [-0.39, 0.29) is 24.3 Å². The summed E-state index contributed by atoms with van der Waals surface area (Å²) in [4.78, 5) is 50.5. The molecule has 212 valence electrons. The minimum Gasteiger partial charge on any atom is -0.468 e. The van der Waals surface area contributed by atoms with Gasteiger partial charge in [0.15, 0.2) is 11.5 Å². The predicted molar refractivity (Wildman–Crippen MR) is 145 cm³/mol. The van der Waals surface area contributed by atoms with Crippen molar-refractivity contribution in [3.05, 3.63) is 59.7 Å². The third-order valence-electron chi connectivity index (χ3n) is 5.72. The zero-order valence-electron chi connectivity index (χ0n) is 24.0. The normalized spacial score (nSPS) is 14.0. The van der Waals surface area contributed by atoms with Crippen LogP contribution in [-0.2, 0) is 30.3 Å². The van der Waals surface area contributed by atoms with E-state index < -0.39 is 46.4 Å². The molecule has 2 N–H and O–H groups in total. The lowest BCUT2D eigenvalue weighted by Crippen LogP contribution is -2.53. The van der Waals surface area contributed by atoms with E-state index in [0.717, 1.165) is 0 Å². The number of esters is 4. The van der Waals surface area contributed by atoms with Gasteiger partial charge in [-0.1, -0.05) is 24.3 Å². The number of carbonyl (C=O) groups is 4. The van der Waals surface area contributed by atoms with Gasteiger partial charge >= 0.3 is 23.9 Å². The summed E-state index contributed by atoms with van der Waals surface area (Å²) in [6, 6.07) is 13.1. The molecule has 1 unspecified atom stereocenters. The number of nitrogens with two attached hydrogens (primary N) is 1. The maximum Gasteiger partial charge on any atom is 0.338 e. The molecule has 0 saturated carbocycles. The molecule has 0 aliphatic carbocycles. The monoisotopic (exact) mass is 541 g/mol. The minimum absolute atomic E-state index is 0.0146. The van der Waals surface area contributed by atoms with Crippen LogP contribution in [0.15, 0.2) is 48.5 Å². The van der Waals surface area contributed by atoms with Gasteiger partial charge in [-0.15, -0.1) is 0 Å². The number of hydrogen-bond donors (Lipinski definition) is 1. The summed E-state index contributed by atoms with van der Waals surface area (Å²) in [5, 5.41) is 0. The van der Waals surface area contributed by atoms with Crippen molar-refractivity contribution >= 4 is 23.9 Å². The largest absolute Gasteiger partial charge is 0.468 e. The Balaban J connectivity index is 2.36. The van der Waals surface area contributed by atoms with Crippen LogP contribution in [0.4, 0.5) is 0 Å². The Labute approximate surface area is 229 Å². The van der Waals surface area contributed by atoms with E-state index in [0.29, 0.717) is 11.1 Å². The van der Waals surface area contributed by atoms with Gasteiger partial charge in [0.1, 0.15) is 11.6 Å².